The van der Waals surface area contributed by atoms with Gasteiger partial charge in [0.1, 0.15) is 0 Å². The predicted molar refractivity (Wildman–Crippen MR) is 59.8 cm³/mol. The molecule has 0 aromatic rings. The van der Waals surface area contributed by atoms with Gasteiger partial charge in [-0.3, -0.25) is 0 Å². The van der Waals surface area contributed by atoms with Gasteiger partial charge in [0.2, 0.25) is 0 Å². The first-order valence-electron chi connectivity index (χ1n) is 4.82. The van der Waals surface area contributed by atoms with Crippen LogP contribution in [-0.2, 0) is 4.79 Å². The van der Waals surface area contributed by atoms with Gasteiger partial charge in [0.15, 0.2) is 0 Å². The number of alkyl halides is 1. The highest BCUT2D eigenvalue weighted by molar-refractivity contribution is 6.32. The summed E-state index contributed by atoms with van der Waals surface area (Å²) in [6, 6.07) is 0. The summed E-state index contributed by atoms with van der Waals surface area (Å²) in [5, 5.41) is 19.3. The van der Waals surface area contributed by atoms with Gasteiger partial charge in [-0.05, 0) is 26.2 Å². The summed E-state index contributed by atoms with van der Waals surface area (Å²) < 4.78 is 0. The Hall–Kier alpha value is -1.03. The van der Waals surface area contributed by atoms with Gasteiger partial charge in [-0.15, -0.1) is 11.6 Å². The summed E-state index contributed by atoms with van der Waals surface area (Å²) in [5.41, 5.74) is 0.753. The fraction of sp³-hybridized carbons (Fsp3) is 0.600. The maximum atomic E-state index is 9.51. The minimum atomic E-state index is -0.891. The standard InChI is InChI=1S/C6H10ClNO.C4H6O2/c7-5-3-1-2-4-6(5)8-9;1-2-3-4(5)6/h5,9H,1-4H2;2-3H,1H3,(H,5,6)/b8-6-;3-2+. The highest BCUT2D eigenvalue weighted by Gasteiger charge is 2.17. The van der Waals surface area contributed by atoms with Crippen LogP contribution in [0.1, 0.15) is 32.6 Å². The van der Waals surface area contributed by atoms with Gasteiger partial charge >= 0.3 is 5.97 Å². The Balaban J connectivity index is 0.000000288. The normalized spacial score (nSPS) is 23.6. The smallest absolute Gasteiger partial charge is 0.327 e. The number of hydrogen-bond donors (Lipinski definition) is 2. The van der Waals surface area contributed by atoms with Crippen LogP contribution in [0.25, 0.3) is 0 Å². The molecule has 0 amide bonds. The zero-order chi connectivity index (χ0) is 11.7. The van der Waals surface area contributed by atoms with E-state index >= 15 is 0 Å². The number of carbonyl (C=O) groups is 1. The monoisotopic (exact) mass is 233 g/mol. The van der Waals surface area contributed by atoms with Crippen LogP contribution in [0.2, 0.25) is 0 Å². The molecule has 1 saturated carbocycles. The van der Waals surface area contributed by atoms with E-state index in [4.69, 9.17) is 21.9 Å². The van der Waals surface area contributed by atoms with Gasteiger partial charge in [0.05, 0.1) is 11.1 Å². The summed E-state index contributed by atoms with van der Waals surface area (Å²) in [6.45, 7) is 1.66. The van der Waals surface area contributed by atoms with Crippen LogP contribution in [0.5, 0.6) is 0 Å². The Bertz CT molecular complexity index is 251. The van der Waals surface area contributed by atoms with Crippen molar-refractivity contribution >= 4 is 23.3 Å². The molecule has 1 unspecified atom stereocenters. The quantitative estimate of drug-likeness (QED) is 0.317. The van der Waals surface area contributed by atoms with E-state index in [0.29, 0.717) is 0 Å². The number of hydrogen-bond acceptors (Lipinski definition) is 3. The Morgan fingerprint density at radius 1 is 1.60 bits per heavy atom. The zero-order valence-corrected chi connectivity index (χ0v) is 9.44. The molecule has 1 aliphatic carbocycles. The molecule has 5 heteroatoms. The molecule has 1 aliphatic rings. The van der Waals surface area contributed by atoms with E-state index in [1.54, 1.807) is 6.92 Å². The summed E-state index contributed by atoms with van der Waals surface area (Å²) in [5.74, 6) is -0.891. The molecule has 1 rings (SSSR count). The number of carboxylic acids is 1. The van der Waals surface area contributed by atoms with Gasteiger partial charge in [-0.1, -0.05) is 17.7 Å². The molecule has 1 fully saturated rings. The van der Waals surface area contributed by atoms with E-state index in [-0.39, 0.29) is 5.38 Å². The second kappa shape index (κ2) is 8.29. The van der Waals surface area contributed by atoms with E-state index in [0.717, 1.165) is 37.5 Å². The Kier molecular flexibility index (Phi) is 7.72. The Morgan fingerprint density at radius 3 is 2.53 bits per heavy atom. The van der Waals surface area contributed by atoms with E-state index in [2.05, 4.69) is 5.16 Å². The van der Waals surface area contributed by atoms with Crippen molar-refractivity contribution in [3.63, 3.8) is 0 Å². The summed E-state index contributed by atoms with van der Waals surface area (Å²) in [4.78, 5) is 9.51. The largest absolute Gasteiger partial charge is 0.478 e. The number of nitrogens with zero attached hydrogens (tertiary/aromatic N) is 1. The minimum Gasteiger partial charge on any atom is -0.478 e. The molecular weight excluding hydrogens is 218 g/mol. The van der Waals surface area contributed by atoms with Crippen LogP contribution in [-0.4, -0.2) is 27.4 Å². The van der Waals surface area contributed by atoms with Gasteiger partial charge in [-0.2, -0.15) is 0 Å². The van der Waals surface area contributed by atoms with Crippen LogP contribution < -0.4 is 0 Å². The van der Waals surface area contributed by atoms with Gasteiger partial charge in [0, 0.05) is 6.08 Å². The first-order valence-corrected chi connectivity index (χ1v) is 5.26. The summed E-state index contributed by atoms with van der Waals surface area (Å²) >= 11 is 5.79. The molecule has 4 nitrogen and oxygen atoms in total. The molecule has 0 heterocycles. The third-order valence-corrected chi connectivity index (χ3v) is 2.41. The lowest BCUT2D eigenvalue weighted by Crippen LogP contribution is -2.18. The first-order chi connectivity index (χ1) is 7.11. The molecule has 0 radical (unpaired) electrons. The van der Waals surface area contributed by atoms with Crippen molar-refractivity contribution in [1.82, 2.24) is 0 Å². The van der Waals surface area contributed by atoms with Crippen molar-refractivity contribution < 1.29 is 15.1 Å². The topological polar surface area (TPSA) is 69.9 Å². The summed E-state index contributed by atoms with van der Waals surface area (Å²) in [7, 11) is 0. The van der Waals surface area contributed by atoms with Crippen molar-refractivity contribution in [3.05, 3.63) is 12.2 Å². The van der Waals surface area contributed by atoms with Crippen molar-refractivity contribution in [2.24, 2.45) is 5.16 Å². The number of carboxylic acid groups (broad SMARTS) is 1. The number of aliphatic carboxylic acids is 1. The molecule has 1 atom stereocenters. The van der Waals surface area contributed by atoms with E-state index in [1.165, 1.54) is 6.08 Å². The Labute approximate surface area is 94.2 Å². The van der Waals surface area contributed by atoms with Gasteiger partial charge in [-0.25, -0.2) is 4.79 Å². The number of oxime groups is 1. The molecule has 0 saturated heterocycles. The highest BCUT2D eigenvalue weighted by Crippen LogP contribution is 2.19. The van der Waals surface area contributed by atoms with Crippen LogP contribution >= 0.6 is 11.6 Å². The maximum Gasteiger partial charge on any atom is 0.327 e. The van der Waals surface area contributed by atoms with E-state index in [1.807, 2.05) is 0 Å². The molecule has 2 N–H and O–H groups in total. The fourth-order valence-corrected chi connectivity index (χ4v) is 1.52. The van der Waals surface area contributed by atoms with Crippen molar-refractivity contribution in [3.8, 4) is 0 Å². The lowest BCUT2D eigenvalue weighted by Gasteiger charge is -2.15. The molecule has 15 heavy (non-hydrogen) atoms. The first kappa shape index (κ1) is 14.0. The molecule has 0 spiro atoms. The van der Waals surface area contributed by atoms with Crippen LogP contribution in [0.15, 0.2) is 17.3 Å². The molecule has 86 valence electrons. The lowest BCUT2D eigenvalue weighted by molar-refractivity contribution is -0.131. The lowest BCUT2D eigenvalue weighted by atomic mass is 9.98. The molecule has 0 aromatic carbocycles. The van der Waals surface area contributed by atoms with Crippen molar-refractivity contribution in [1.29, 1.82) is 0 Å². The molecule has 0 aliphatic heterocycles. The van der Waals surface area contributed by atoms with Crippen molar-refractivity contribution in [2.45, 2.75) is 38.0 Å². The highest BCUT2D eigenvalue weighted by atomic mass is 35.5. The van der Waals surface area contributed by atoms with Crippen LogP contribution in [0.4, 0.5) is 0 Å². The van der Waals surface area contributed by atoms with Crippen LogP contribution in [0.3, 0.4) is 0 Å². The second-order valence-electron chi connectivity index (χ2n) is 3.14. The van der Waals surface area contributed by atoms with E-state index in [9.17, 15) is 4.79 Å². The number of rotatable bonds is 1. The summed E-state index contributed by atoms with van der Waals surface area (Å²) in [6.07, 6.45) is 6.66. The third kappa shape index (κ3) is 6.96. The second-order valence-corrected chi connectivity index (χ2v) is 3.67. The van der Waals surface area contributed by atoms with E-state index < -0.39 is 5.97 Å². The maximum absolute atomic E-state index is 9.51. The van der Waals surface area contributed by atoms with Crippen molar-refractivity contribution in [2.75, 3.05) is 0 Å². The molecule has 0 aromatic heterocycles. The number of halogens is 1. The zero-order valence-electron chi connectivity index (χ0n) is 8.69. The average molecular weight is 234 g/mol. The number of allylic oxidation sites excluding steroid dienone is 1. The Morgan fingerprint density at radius 2 is 2.27 bits per heavy atom. The van der Waals surface area contributed by atoms with Gasteiger partial charge in [0.25, 0.3) is 0 Å². The minimum absolute atomic E-state index is 0.0104. The third-order valence-electron chi connectivity index (χ3n) is 1.94. The molecule has 0 bridgehead atoms. The predicted octanol–water partition coefficient (Wildman–Crippen LogP) is 2.65. The van der Waals surface area contributed by atoms with Crippen LogP contribution in [0, 0.1) is 0 Å². The molecular formula is C10H16ClNO3. The fourth-order valence-electron chi connectivity index (χ4n) is 1.21. The SMILES string of the molecule is C/C=C/C(=O)O.O/N=C1/CCCCC1Cl. The van der Waals surface area contributed by atoms with Gasteiger partial charge < -0.3 is 10.3 Å². The average Bonchev–Trinajstić information content (AvgIpc) is 2.19.